The van der Waals surface area contributed by atoms with Gasteiger partial charge in [-0.2, -0.15) is 0 Å². The first-order valence-electron chi connectivity index (χ1n) is 12.8. The molecule has 0 bridgehead atoms. The van der Waals surface area contributed by atoms with Gasteiger partial charge in [0, 0.05) is 12.1 Å². The third kappa shape index (κ3) is 7.05. The Hall–Kier alpha value is -2.41. The van der Waals surface area contributed by atoms with Gasteiger partial charge in [0.25, 0.3) is 0 Å². The highest BCUT2D eigenvalue weighted by Gasteiger charge is 2.35. The van der Waals surface area contributed by atoms with Crippen LogP contribution in [0.5, 0.6) is 0 Å². The summed E-state index contributed by atoms with van der Waals surface area (Å²) in [5.74, 6) is -0.710. The minimum Gasteiger partial charge on any atom is -0.456 e. The normalized spacial score (nSPS) is 17.4. The van der Waals surface area contributed by atoms with E-state index in [2.05, 4.69) is 5.32 Å². The summed E-state index contributed by atoms with van der Waals surface area (Å²) < 4.78 is 5.52. The highest BCUT2D eigenvalue weighted by atomic mass is 16.6. The van der Waals surface area contributed by atoms with Gasteiger partial charge in [-0.1, -0.05) is 40.0 Å². The van der Waals surface area contributed by atoms with Crippen LogP contribution < -0.4 is 15.1 Å². The number of amides is 2. The Bertz CT molecular complexity index is 856. The number of nitrogens with zero attached hydrogens (tertiary/aromatic N) is 2. The molecule has 190 valence electrons. The van der Waals surface area contributed by atoms with Crippen molar-refractivity contribution >= 4 is 29.2 Å². The molecule has 3 rings (SSSR count). The molecule has 34 heavy (non-hydrogen) atoms. The number of fused-ring (bicyclic) bond motifs is 1. The first-order valence-corrected chi connectivity index (χ1v) is 12.8. The molecule has 0 aromatic heterocycles. The SMILES string of the molecule is CC.CCC(C)N1C(=O)CN(C(=O)CNC2CCCCC2)c2cc(C(=O)OC(C)(C)C)ccc21. The molecule has 1 saturated carbocycles. The molecule has 2 aliphatic rings. The quantitative estimate of drug-likeness (QED) is 0.584. The average molecular weight is 474 g/mol. The molecule has 1 heterocycles. The molecule has 1 aromatic carbocycles. The zero-order chi connectivity index (χ0) is 25.5. The van der Waals surface area contributed by atoms with Gasteiger partial charge < -0.3 is 15.0 Å². The van der Waals surface area contributed by atoms with Crippen LogP contribution in [-0.4, -0.2) is 48.6 Å². The van der Waals surface area contributed by atoms with Crippen molar-refractivity contribution in [1.82, 2.24) is 5.32 Å². The summed E-state index contributed by atoms with van der Waals surface area (Å²) in [5.41, 5.74) is 0.998. The second kappa shape index (κ2) is 12.3. The molecule has 7 heteroatoms. The number of benzene rings is 1. The minimum absolute atomic E-state index is 0.00811. The van der Waals surface area contributed by atoms with Crippen LogP contribution in [0, 0.1) is 0 Å². The molecule has 0 spiro atoms. The van der Waals surface area contributed by atoms with Gasteiger partial charge in [0.05, 0.1) is 23.5 Å². The molecule has 2 amide bonds. The summed E-state index contributed by atoms with van der Waals surface area (Å²) in [4.78, 5) is 42.1. The van der Waals surface area contributed by atoms with Crippen LogP contribution in [0.3, 0.4) is 0 Å². The number of hydrogen-bond donors (Lipinski definition) is 1. The molecule has 1 N–H and O–H groups in total. The molecular formula is C27H43N3O4. The van der Waals surface area contributed by atoms with Gasteiger partial charge in [-0.3, -0.25) is 14.5 Å². The van der Waals surface area contributed by atoms with E-state index in [1.54, 1.807) is 23.1 Å². The van der Waals surface area contributed by atoms with Crippen molar-refractivity contribution in [1.29, 1.82) is 0 Å². The summed E-state index contributed by atoms with van der Waals surface area (Å²) in [6.45, 7) is 13.6. The van der Waals surface area contributed by atoms with Crippen LogP contribution in [-0.2, 0) is 14.3 Å². The largest absolute Gasteiger partial charge is 0.456 e. The maximum Gasteiger partial charge on any atom is 0.338 e. The fraction of sp³-hybridized carbons (Fsp3) is 0.667. The number of hydrogen-bond acceptors (Lipinski definition) is 5. The maximum absolute atomic E-state index is 13.2. The van der Waals surface area contributed by atoms with Crippen LogP contribution in [0.1, 0.15) is 97.3 Å². The molecule has 1 unspecified atom stereocenters. The Kier molecular flexibility index (Phi) is 10.1. The number of rotatable bonds is 6. The van der Waals surface area contributed by atoms with Crippen molar-refractivity contribution in [3.05, 3.63) is 23.8 Å². The molecule has 1 aliphatic heterocycles. The Morgan fingerprint density at radius 1 is 1.12 bits per heavy atom. The molecule has 1 aromatic rings. The number of nitrogens with one attached hydrogen (secondary N) is 1. The summed E-state index contributed by atoms with van der Waals surface area (Å²) >= 11 is 0. The van der Waals surface area contributed by atoms with Crippen LogP contribution >= 0.6 is 0 Å². The molecule has 1 fully saturated rings. The van der Waals surface area contributed by atoms with Crippen LogP contribution in [0.25, 0.3) is 0 Å². The van der Waals surface area contributed by atoms with E-state index in [-0.39, 0.29) is 30.9 Å². The predicted molar refractivity (Wildman–Crippen MR) is 137 cm³/mol. The third-order valence-electron chi connectivity index (χ3n) is 6.20. The maximum atomic E-state index is 13.2. The van der Waals surface area contributed by atoms with Gasteiger partial charge in [0.2, 0.25) is 11.8 Å². The van der Waals surface area contributed by atoms with Crippen molar-refractivity contribution in [3.63, 3.8) is 0 Å². The smallest absolute Gasteiger partial charge is 0.338 e. The third-order valence-corrected chi connectivity index (χ3v) is 6.20. The zero-order valence-electron chi connectivity index (χ0n) is 22.1. The van der Waals surface area contributed by atoms with Gasteiger partial charge >= 0.3 is 5.97 Å². The first-order chi connectivity index (χ1) is 16.1. The fourth-order valence-corrected chi connectivity index (χ4v) is 4.36. The number of anilines is 2. The standard InChI is InChI=1S/C25H37N3O4.C2H6/c1-6-17(2)28-20-13-12-18(24(31)32-25(3,4)5)14-21(20)27(16-23(28)30)22(29)15-26-19-10-8-7-9-11-19;1-2/h12-14,17,19,26H,6-11,15-16H2,1-5H3;1-2H3. The second-order valence-corrected chi connectivity index (χ2v) is 9.92. The molecule has 7 nitrogen and oxygen atoms in total. The van der Waals surface area contributed by atoms with Gasteiger partial charge in [0.15, 0.2) is 0 Å². The van der Waals surface area contributed by atoms with Crippen molar-refractivity contribution in [3.8, 4) is 0 Å². The van der Waals surface area contributed by atoms with E-state index in [1.165, 1.54) is 24.2 Å². The van der Waals surface area contributed by atoms with E-state index in [0.717, 1.165) is 19.3 Å². The van der Waals surface area contributed by atoms with Gasteiger partial charge in [-0.25, -0.2) is 4.79 Å². The van der Waals surface area contributed by atoms with Crippen LogP contribution in [0.15, 0.2) is 18.2 Å². The molecule has 0 saturated heterocycles. The lowest BCUT2D eigenvalue weighted by atomic mass is 9.95. The van der Waals surface area contributed by atoms with Crippen LogP contribution in [0.4, 0.5) is 11.4 Å². The molecule has 1 atom stereocenters. The Morgan fingerprint density at radius 3 is 2.35 bits per heavy atom. The van der Waals surface area contributed by atoms with E-state index in [4.69, 9.17) is 4.74 Å². The highest BCUT2D eigenvalue weighted by molar-refractivity contribution is 6.12. The zero-order valence-corrected chi connectivity index (χ0v) is 22.1. The topological polar surface area (TPSA) is 79.0 Å². The van der Waals surface area contributed by atoms with Crippen molar-refractivity contribution < 1.29 is 19.1 Å². The van der Waals surface area contributed by atoms with Crippen molar-refractivity contribution in [2.75, 3.05) is 22.9 Å². The molecule has 0 radical (unpaired) electrons. The monoisotopic (exact) mass is 473 g/mol. The van der Waals surface area contributed by atoms with Gasteiger partial charge in [0.1, 0.15) is 12.1 Å². The lowest BCUT2D eigenvalue weighted by Gasteiger charge is -2.39. The first kappa shape index (κ1) is 27.8. The average Bonchev–Trinajstić information content (AvgIpc) is 2.82. The van der Waals surface area contributed by atoms with E-state index in [9.17, 15) is 14.4 Å². The predicted octanol–water partition coefficient (Wildman–Crippen LogP) is 5.07. The highest BCUT2D eigenvalue weighted by Crippen LogP contribution is 2.37. The van der Waals surface area contributed by atoms with Crippen molar-refractivity contribution in [2.24, 2.45) is 0 Å². The Morgan fingerprint density at radius 2 is 1.76 bits per heavy atom. The van der Waals surface area contributed by atoms with E-state index in [0.29, 0.717) is 23.0 Å². The lowest BCUT2D eigenvalue weighted by Crippen LogP contribution is -2.53. The van der Waals surface area contributed by atoms with E-state index >= 15 is 0 Å². The van der Waals surface area contributed by atoms with Gasteiger partial charge in [-0.05, 0) is 65.2 Å². The number of carbonyl (C=O) groups excluding carboxylic acids is 3. The number of esters is 1. The Labute approximate surface area is 205 Å². The van der Waals surface area contributed by atoms with Gasteiger partial charge in [-0.15, -0.1) is 0 Å². The molecular weight excluding hydrogens is 430 g/mol. The fourth-order valence-electron chi connectivity index (χ4n) is 4.36. The van der Waals surface area contributed by atoms with E-state index < -0.39 is 11.6 Å². The lowest BCUT2D eigenvalue weighted by molar-refractivity contribution is -0.122. The second-order valence-electron chi connectivity index (χ2n) is 9.92. The summed E-state index contributed by atoms with van der Waals surface area (Å²) in [5, 5.41) is 3.37. The van der Waals surface area contributed by atoms with Crippen LogP contribution in [0.2, 0.25) is 0 Å². The summed E-state index contributed by atoms with van der Waals surface area (Å²) in [6, 6.07) is 5.45. The number of carbonyl (C=O) groups is 3. The summed E-state index contributed by atoms with van der Waals surface area (Å²) in [6.07, 6.45) is 6.55. The Balaban J connectivity index is 0.00000199. The van der Waals surface area contributed by atoms with Crippen molar-refractivity contribution in [2.45, 2.75) is 105 Å². The summed E-state index contributed by atoms with van der Waals surface area (Å²) in [7, 11) is 0. The number of ether oxygens (including phenoxy) is 1. The molecule has 1 aliphatic carbocycles. The van der Waals surface area contributed by atoms with E-state index in [1.807, 2.05) is 48.5 Å². The minimum atomic E-state index is -0.620.